The maximum Gasteiger partial charge on any atom is 0.157 e. The van der Waals surface area contributed by atoms with Gasteiger partial charge in [-0.2, -0.15) is 0 Å². The van der Waals surface area contributed by atoms with Crippen LogP contribution in [0.15, 0.2) is 72.8 Å². The fraction of sp³-hybridized carbons (Fsp3) is 0.0870. The van der Waals surface area contributed by atoms with Gasteiger partial charge in [-0.05, 0) is 29.3 Å². The molecule has 4 nitrogen and oxygen atoms in total. The standard InChI is InChI=1S/C23H17FO4S/c24-18-11-9-16(10-12-18)22-20(13-25)19-3-1-2-4-21(19)28-23(22)17-7-5-15(6-8-17)14-29(26)27/h1-13,20H,14H2,(H,26,27). The third-order valence-corrected chi connectivity index (χ3v) is 5.40. The molecule has 1 N–H and O–H groups in total. The molecule has 0 amide bonds. The number of fused-ring (bicyclic) bond motifs is 1. The summed E-state index contributed by atoms with van der Waals surface area (Å²) >= 11 is -1.93. The molecule has 0 radical (unpaired) electrons. The van der Waals surface area contributed by atoms with Crippen molar-refractivity contribution in [2.24, 2.45) is 0 Å². The van der Waals surface area contributed by atoms with Crippen molar-refractivity contribution >= 4 is 28.7 Å². The van der Waals surface area contributed by atoms with Crippen LogP contribution in [-0.2, 0) is 21.6 Å². The Hall–Kier alpha value is -3.09. The van der Waals surface area contributed by atoms with Crippen LogP contribution in [-0.4, -0.2) is 15.0 Å². The number of ether oxygens (including phenoxy) is 1. The van der Waals surface area contributed by atoms with E-state index in [-0.39, 0.29) is 11.6 Å². The summed E-state index contributed by atoms with van der Waals surface area (Å²) in [5.74, 6) is 0.197. The average Bonchev–Trinajstić information content (AvgIpc) is 2.73. The summed E-state index contributed by atoms with van der Waals surface area (Å²) in [7, 11) is 0. The Kier molecular flexibility index (Phi) is 5.38. The molecule has 0 aliphatic carbocycles. The van der Waals surface area contributed by atoms with E-state index < -0.39 is 17.0 Å². The second-order valence-corrected chi connectivity index (χ2v) is 7.60. The highest BCUT2D eigenvalue weighted by Gasteiger charge is 2.31. The summed E-state index contributed by atoms with van der Waals surface area (Å²) in [4.78, 5) is 12.1. The zero-order chi connectivity index (χ0) is 20.4. The Balaban J connectivity index is 1.88. The number of benzene rings is 3. The Morgan fingerprint density at radius 1 is 0.966 bits per heavy atom. The molecule has 0 saturated carbocycles. The lowest BCUT2D eigenvalue weighted by atomic mass is 9.83. The smallest absolute Gasteiger partial charge is 0.157 e. The lowest BCUT2D eigenvalue weighted by Crippen LogP contribution is -2.15. The Morgan fingerprint density at radius 2 is 1.62 bits per heavy atom. The molecule has 146 valence electrons. The molecule has 3 aromatic carbocycles. The fourth-order valence-corrected chi connectivity index (χ4v) is 3.96. The second kappa shape index (κ2) is 8.11. The first-order valence-corrected chi connectivity index (χ1v) is 10.2. The molecule has 3 aromatic rings. The minimum Gasteiger partial charge on any atom is -0.456 e. The van der Waals surface area contributed by atoms with Crippen LogP contribution in [0.25, 0.3) is 11.3 Å². The molecule has 1 heterocycles. The van der Waals surface area contributed by atoms with Crippen LogP contribution < -0.4 is 4.74 Å². The van der Waals surface area contributed by atoms with E-state index in [9.17, 15) is 13.4 Å². The minimum absolute atomic E-state index is 0.0325. The summed E-state index contributed by atoms with van der Waals surface area (Å²) in [6.45, 7) is 0. The van der Waals surface area contributed by atoms with Gasteiger partial charge in [-0.15, -0.1) is 0 Å². The molecule has 6 heteroatoms. The number of allylic oxidation sites excluding steroid dienone is 1. The quantitative estimate of drug-likeness (QED) is 0.487. The number of carbonyl (C=O) groups excluding carboxylic acids is 1. The third kappa shape index (κ3) is 3.90. The van der Waals surface area contributed by atoms with Crippen LogP contribution >= 0.6 is 0 Å². The number of para-hydroxylation sites is 1. The number of hydrogen-bond donors (Lipinski definition) is 1. The third-order valence-electron chi connectivity index (χ3n) is 4.82. The number of aldehydes is 1. The van der Waals surface area contributed by atoms with Gasteiger partial charge in [0.1, 0.15) is 23.6 Å². The summed E-state index contributed by atoms with van der Waals surface area (Å²) in [6, 6.07) is 20.3. The van der Waals surface area contributed by atoms with E-state index in [4.69, 9.17) is 9.29 Å². The van der Waals surface area contributed by atoms with Crippen LogP contribution in [0.4, 0.5) is 4.39 Å². The molecule has 0 aromatic heterocycles. The number of rotatable bonds is 5. The highest BCUT2D eigenvalue weighted by Crippen LogP contribution is 2.45. The van der Waals surface area contributed by atoms with Crippen molar-refractivity contribution < 1.29 is 22.7 Å². The van der Waals surface area contributed by atoms with Gasteiger partial charge in [0, 0.05) is 16.7 Å². The molecule has 2 unspecified atom stereocenters. The monoisotopic (exact) mass is 408 g/mol. The lowest BCUT2D eigenvalue weighted by molar-refractivity contribution is -0.108. The summed E-state index contributed by atoms with van der Waals surface area (Å²) in [5, 5.41) is 0. The van der Waals surface area contributed by atoms with Gasteiger partial charge in [0.15, 0.2) is 11.1 Å². The second-order valence-electron chi connectivity index (χ2n) is 6.67. The molecule has 0 fully saturated rings. The number of carbonyl (C=O) groups is 1. The van der Waals surface area contributed by atoms with Gasteiger partial charge in [0.2, 0.25) is 0 Å². The highest BCUT2D eigenvalue weighted by molar-refractivity contribution is 7.78. The van der Waals surface area contributed by atoms with Crippen molar-refractivity contribution in [2.75, 3.05) is 0 Å². The SMILES string of the molecule is O=CC1C(c2ccc(F)cc2)=C(c2ccc(CS(=O)O)cc2)Oc2ccccc21. The zero-order valence-corrected chi connectivity index (χ0v) is 16.1. The first kappa shape index (κ1) is 19.2. The van der Waals surface area contributed by atoms with E-state index in [0.29, 0.717) is 28.2 Å². The first-order valence-electron chi connectivity index (χ1n) is 8.96. The van der Waals surface area contributed by atoms with Gasteiger partial charge >= 0.3 is 0 Å². The first-order chi connectivity index (χ1) is 14.1. The van der Waals surface area contributed by atoms with Gasteiger partial charge in [-0.25, -0.2) is 8.60 Å². The zero-order valence-electron chi connectivity index (χ0n) is 15.2. The molecular weight excluding hydrogens is 391 g/mol. The molecule has 0 spiro atoms. The van der Waals surface area contributed by atoms with E-state index in [2.05, 4.69) is 0 Å². The number of halogens is 1. The Labute approximate surface area is 169 Å². The van der Waals surface area contributed by atoms with Crippen LogP contribution in [0.2, 0.25) is 0 Å². The van der Waals surface area contributed by atoms with Crippen molar-refractivity contribution in [3.8, 4) is 5.75 Å². The molecule has 1 aliphatic rings. The largest absolute Gasteiger partial charge is 0.456 e. The van der Waals surface area contributed by atoms with Gasteiger partial charge < -0.3 is 14.1 Å². The van der Waals surface area contributed by atoms with Crippen LogP contribution in [0.3, 0.4) is 0 Å². The molecule has 0 saturated heterocycles. The van der Waals surface area contributed by atoms with Crippen LogP contribution in [0.5, 0.6) is 5.75 Å². The van der Waals surface area contributed by atoms with Crippen LogP contribution in [0.1, 0.15) is 28.2 Å². The van der Waals surface area contributed by atoms with Crippen LogP contribution in [0, 0.1) is 5.82 Å². The summed E-state index contributed by atoms with van der Waals surface area (Å²) < 4.78 is 39.8. The Morgan fingerprint density at radius 3 is 2.28 bits per heavy atom. The predicted molar refractivity (Wildman–Crippen MR) is 110 cm³/mol. The summed E-state index contributed by atoms with van der Waals surface area (Å²) in [5.41, 5.74) is 3.52. The van der Waals surface area contributed by atoms with Crippen molar-refractivity contribution in [1.29, 1.82) is 0 Å². The molecule has 1 aliphatic heterocycles. The van der Waals surface area contributed by atoms with Crippen molar-refractivity contribution in [3.05, 3.63) is 101 Å². The molecule has 29 heavy (non-hydrogen) atoms. The van der Waals surface area contributed by atoms with Gasteiger partial charge in [-0.1, -0.05) is 54.6 Å². The van der Waals surface area contributed by atoms with E-state index in [1.807, 2.05) is 18.2 Å². The van der Waals surface area contributed by atoms with Gasteiger partial charge in [0.25, 0.3) is 0 Å². The lowest BCUT2D eigenvalue weighted by Gasteiger charge is -2.28. The fourth-order valence-electron chi connectivity index (χ4n) is 3.48. The Bertz CT molecular complexity index is 1100. The topological polar surface area (TPSA) is 63.6 Å². The molecular formula is C23H17FO4S. The van der Waals surface area contributed by atoms with Crippen molar-refractivity contribution in [2.45, 2.75) is 11.7 Å². The van der Waals surface area contributed by atoms with E-state index in [1.165, 1.54) is 12.1 Å². The highest BCUT2D eigenvalue weighted by atomic mass is 32.2. The maximum atomic E-state index is 13.5. The van der Waals surface area contributed by atoms with Crippen molar-refractivity contribution in [1.82, 2.24) is 0 Å². The molecule has 2 atom stereocenters. The normalized spacial score (nSPS) is 16.7. The average molecular weight is 408 g/mol. The predicted octanol–water partition coefficient (Wildman–Crippen LogP) is 4.79. The molecule has 0 bridgehead atoms. The van der Waals surface area contributed by atoms with E-state index in [1.54, 1.807) is 42.5 Å². The van der Waals surface area contributed by atoms with Gasteiger partial charge in [0.05, 0.1) is 11.7 Å². The van der Waals surface area contributed by atoms with E-state index in [0.717, 1.165) is 17.4 Å². The summed E-state index contributed by atoms with van der Waals surface area (Å²) in [6.07, 6.45) is 0.864. The minimum atomic E-state index is -1.93. The maximum absolute atomic E-state index is 13.5. The molecule has 4 rings (SSSR count). The number of hydrogen-bond acceptors (Lipinski definition) is 3. The van der Waals surface area contributed by atoms with E-state index >= 15 is 0 Å². The van der Waals surface area contributed by atoms with Crippen molar-refractivity contribution in [3.63, 3.8) is 0 Å². The van der Waals surface area contributed by atoms with Gasteiger partial charge in [-0.3, -0.25) is 0 Å².